The maximum absolute atomic E-state index is 12.4. The number of amides is 1. The summed E-state index contributed by atoms with van der Waals surface area (Å²) in [6.07, 6.45) is 1.86. The van der Waals surface area contributed by atoms with Crippen molar-refractivity contribution in [3.8, 4) is 5.75 Å². The Bertz CT molecular complexity index is 1120. The fourth-order valence-electron chi connectivity index (χ4n) is 3.81. The van der Waals surface area contributed by atoms with E-state index in [1.165, 1.54) is 0 Å². The molecule has 0 saturated carbocycles. The lowest BCUT2D eigenvalue weighted by Gasteiger charge is -2.19. The quantitative estimate of drug-likeness (QED) is 0.431. The Balaban J connectivity index is 1.45. The lowest BCUT2D eigenvalue weighted by molar-refractivity contribution is -0.153. The van der Waals surface area contributed by atoms with E-state index in [0.29, 0.717) is 24.7 Å². The van der Waals surface area contributed by atoms with Crippen molar-refractivity contribution in [3.05, 3.63) is 59.7 Å². The monoisotopic (exact) mass is 521 g/mol. The van der Waals surface area contributed by atoms with Crippen molar-refractivity contribution in [2.75, 3.05) is 44.6 Å². The number of nitrogens with one attached hydrogen (secondary N) is 2. The van der Waals surface area contributed by atoms with Gasteiger partial charge in [0.25, 0.3) is 5.91 Å². The summed E-state index contributed by atoms with van der Waals surface area (Å²) in [7, 11) is 0. The normalized spacial score (nSPS) is 15.1. The minimum atomic E-state index is -0.590. The predicted molar refractivity (Wildman–Crippen MR) is 152 cm³/mol. The highest BCUT2D eigenvalue weighted by Crippen LogP contribution is 2.20. The van der Waals surface area contributed by atoms with Gasteiger partial charge in [0, 0.05) is 29.9 Å². The molecule has 0 saturated heterocycles. The van der Waals surface area contributed by atoms with Crippen molar-refractivity contribution in [2.45, 2.75) is 46.1 Å². The summed E-state index contributed by atoms with van der Waals surface area (Å²) in [6.45, 7) is 13.6. The number of likely N-dealkylation sites (N-methyl/N-ethyl adjacent to an activating group) is 1. The van der Waals surface area contributed by atoms with E-state index in [1.807, 2.05) is 42.6 Å². The number of carbonyl (C=O) groups is 2. The number of anilines is 1. The molecule has 1 atom stereocenters. The van der Waals surface area contributed by atoms with E-state index >= 15 is 0 Å². The number of guanidine groups is 1. The van der Waals surface area contributed by atoms with Crippen LogP contribution in [0.3, 0.4) is 0 Å². The molecule has 3 rings (SSSR count). The number of hydrogen-bond donors (Lipinski definition) is 2. The number of hydrogen-bond acceptors (Lipinski definition) is 8. The molecular formula is C29H39N5O4. The van der Waals surface area contributed by atoms with Crippen molar-refractivity contribution in [1.29, 1.82) is 0 Å². The van der Waals surface area contributed by atoms with Crippen molar-refractivity contribution in [3.63, 3.8) is 0 Å². The van der Waals surface area contributed by atoms with E-state index in [-0.39, 0.29) is 18.4 Å². The van der Waals surface area contributed by atoms with Gasteiger partial charge < -0.3 is 25.0 Å². The molecule has 204 valence electrons. The van der Waals surface area contributed by atoms with E-state index < -0.39 is 11.6 Å². The molecule has 0 bridgehead atoms. The van der Waals surface area contributed by atoms with Gasteiger partial charge in [0.2, 0.25) is 5.96 Å². The molecule has 1 aliphatic heterocycles. The molecule has 9 nitrogen and oxygen atoms in total. The van der Waals surface area contributed by atoms with Crippen LogP contribution in [0.15, 0.2) is 58.5 Å². The maximum atomic E-state index is 12.4. The van der Waals surface area contributed by atoms with Crippen LogP contribution in [0.25, 0.3) is 0 Å². The molecule has 0 radical (unpaired) electrons. The second kappa shape index (κ2) is 13.7. The Labute approximate surface area is 225 Å². The summed E-state index contributed by atoms with van der Waals surface area (Å²) in [4.78, 5) is 35.5. The molecular weight excluding hydrogens is 482 g/mol. The van der Waals surface area contributed by atoms with Gasteiger partial charge in [0.15, 0.2) is 0 Å². The number of esters is 1. The topological polar surface area (TPSA) is 105 Å². The lowest BCUT2D eigenvalue weighted by atomic mass is 9.98. The molecule has 2 aromatic carbocycles. The largest absolute Gasteiger partial charge is 0.492 e. The molecule has 38 heavy (non-hydrogen) atoms. The fraction of sp³-hybridized carbons (Fsp3) is 0.448. The van der Waals surface area contributed by atoms with E-state index in [4.69, 9.17) is 9.47 Å². The molecule has 9 heteroatoms. The van der Waals surface area contributed by atoms with Crippen LogP contribution in [0.1, 0.15) is 56.5 Å². The third-order valence-corrected chi connectivity index (χ3v) is 5.91. The molecule has 0 aliphatic carbocycles. The van der Waals surface area contributed by atoms with Crippen LogP contribution in [-0.2, 0) is 9.53 Å². The van der Waals surface area contributed by atoms with E-state index in [2.05, 4.69) is 39.4 Å². The van der Waals surface area contributed by atoms with Crippen LogP contribution in [0.2, 0.25) is 0 Å². The first-order valence-electron chi connectivity index (χ1n) is 13.1. The number of nitrogens with zero attached hydrogens (tertiary/aromatic N) is 3. The van der Waals surface area contributed by atoms with Gasteiger partial charge in [-0.05, 0) is 75.8 Å². The van der Waals surface area contributed by atoms with E-state index in [1.54, 1.807) is 32.9 Å². The molecule has 2 aromatic rings. The number of carbonyl (C=O) groups excluding carboxylic acids is 2. The zero-order valence-electron chi connectivity index (χ0n) is 23.0. The van der Waals surface area contributed by atoms with Gasteiger partial charge in [-0.15, -0.1) is 0 Å². The molecule has 2 N–H and O–H groups in total. The van der Waals surface area contributed by atoms with Crippen LogP contribution in [-0.4, -0.2) is 73.9 Å². The highest BCUT2D eigenvalue weighted by Gasteiger charge is 2.18. The molecule has 1 amide bonds. The van der Waals surface area contributed by atoms with Crippen LogP contribution < -0.4 is 15.4 Å². The number of rotatable bonds is 11. The van der Waals surface area contributed by atoms with Gasteiger partial charge >= 0.3 is 5.97 Å². The second-order valence-electron chi connectivity index (χ2n) is 9.96. The minimum absolute atomic E-state index is 0.0148. The minimum Gasteiger partial charge on any atom is -0.492 e. The van der Waals surface area contributed by atoms with Crippen LogP contribution in [0.5, 0.6) is 5.75 Å². The molecule has 1 aliphatic rings. The molecule has 1 unspecified atom stereocenters. The highest BCUT2D eigenvalue weighted by atomic mass is 16.6. The van der Waals surface area contributed by atoms with Gasteiger partial charge in [0.1, 0.15) is 24.5 Å². The van der Waals surface area contributed by atoms with Crippen molar-refractivity contribution >= 4 is 29.7 Å². The van der Waals surface area contributed by atoms with Crippen LogP contribution >= 0.6 is 0 Å². The average Bonchev–Trinajstić information content (AvgIpc) is 2.90. The van der Waals surface area contributed by atoms with E-state index in [0.717, 1.165) is 36.6 Å². The first kappa shape index (κ1) is 28.8. The van der Waals surface area contributed by atoms with Crippen molar-refractivity contribution in [1.82, 2.24) is 10.2 Å². The van der Waals surface area contributed by atoms with Gasteiger partial charge in [-0.3, -0.25) is 14.6 Å². The zero-order chi connectivity index (χ0) is 27.5. The third-order valence-electron chi connectivity index (χ3n) is 5.91. The number of benzene rings is 2. The van der Waals surface area contributed by atoms with Crippen molar-refractivity contribution in [2.24, 2.45) is 9.98 Å². The maximum Gasteiger partial charge on any atom is 0.325 e. The summed E-state index contributed by atoms with van der Waals surface area (Å²) in [5.41, 5.74) is 1.77. The molecule has 1 heterocycles. The SMILES string of the molecule is CCN(CC)CCOc1ccc(NC2=NCC(c3ccc(C(=O)NCC(=O)OC(C)(C)C)cc3)C=N2)cc1. The summed E-state index contributed by atoms with van der Waals surface area (Å²) in [6, 6.07) is 15.0. The predicted octanol–water partition coefficient (Wildman–Crippen LogP) is 4.11. The first-order valence-corrected chi connectivity index (χ1v) is 13.1. The van der Waals surface area contributed by atoms with Gasteiger partial charge in [0.05, 0.1) is 6.54 Å². The van der Waals surface area contributed by atoms with E-state index in [9.17, 15) is 9.59 Å². The number of aliphatic imine (C=N–C) groups is 2. The molecule has 0 fully saturated rings. The van der Waals surface area contributed by atoms with Crippen LogP contribution in [0.4, 0.5) is 5.69 Å². The zero-order valence-corrected chi connectivity index (χ0v) is 23.0. The third kappa shape index (κ3) is 9.30. The summed E-state index contributed by atoms with van der Waals surface area (Å²) in [5.74, 6) is 0.595. The van der Waals surface area contributed by atoms with Gasteiger partial charge in [-0.2, -0.15) is 0 Å². The van der Waals surface area contributed by atoms with Gasteiger partial charge in [-0.1, -0.05) is 26.0 Å². The standard InChI is InChI=1S/C29H39N5O4/c1-6-34(7-2)16-17-37-25-14-12-24(13-15-25)33-28-31-18-23(19-32-28)21-8-10-22(11-9-21)27(36)30-20-26(35)38-29(3,4)5/h8-15,18,23H,6-7,16-17,19-20H2,1-5H3,(H,30,36)(H,32,33). The highest BCUT2D eigenvalue weighted by molar-refractivity contribution is 6.00. The lowest BCUT2D eigenvalue weighted by Crippen LogP contribution is -2.34. The Morgan fingerprint density at radius 2 is 1.71 bits per heavy atom. The molecule has 0 spiro atoms. The Kier molecular flexibility index (Phi) is 10.4. The summed E-state index contributed by atoms with van der Waals surface area (Å²) in [5, 5.41) is 5.82. The smallest absolute Gasteiger partial charge is 0.325 e. The Morgan fingerprint density at radius 1 is 1.03 bits per heavy atom. The summed E-state index contributed by atoms with van der Waals surface area (Å²) >= 11 is 0. The first-order chi connectivity index (χ1) is 18.2. The van der Waals surface area contributed by atoms with Crippen molar-refractivity contribution < 1.29 is 19.1 Å². The Hall–Kier alpha value is -3.72. The number of ether oxygens (including phenoxy) is 2. The Morgan fingerprint density at radius 3 is 2.29 bits per heavy atom. The second-order valence-corrected chi connectivity index (χ2v) is 9.96. The van der Waals surface area contributed by atoms with Crippen LogP contribution in [0, 0.1) is 0 Å². The summed E-state index contributed by atoms with van der Waals surface area (Å²) < 4.78 is 11.0. The average molecular weight is 522 g/mol. The van der Waals surface area contributed by atoms with Gasteiger partial charge in [-0.25, -0.2) is 4.99 Å². The fourth-order valence-corrected chi connectivity index (χ4v) is 3.81. The molecule has 0 aromatic heterocycles.